The topological polar surface area (TPSA) is 66.4 Å². The van der Waals surface area contributed by atoms with Crippen LogP contribution in [-0.2, 0) is 10.0 Å². The van der Waals surface area contributed by atoms with E-state index in [9.17, 15) is 8.42 Å². The number of sulfonamides is 1. The molecule has 1 rings (SSSR count). The van der Waals surface area contributed by atoms with Crippen LogP contribution < -0.4 is 4.72 Å². The molecule has 0 aliphatic carbocycles. The third-order valence-electron chi connectivity index (χ3n) is 2.11. The molecule has 17 heavy (non-hydrogen) atoms. The first-order valence-corrected chi connectivity index (χ1v) is 8.33. The second kappa shape index (κ2) is 6.29. The maximum atomic E-state index is 12.0. The molecule has 0 spiro atoms. The summed E-state index contributed by atoms with van der Waals surface area (Å²) in [5.74, 6) is 0.324. The van der Waals surface area contributed by atoms with Crippen LogP contribution in [0.25, 0.3) is 0 Å². The van der Waals surface area contributed by atoms with Crippen LogP contribution in [0.5, 0.6) is 0 Å². The Balaban J connectivity index is 2.78. The number of rotatable bonds is 6. The minimum Gasteiger partial charge on any atom is -0.395 e. The van der Waals surface area contributed by atoms with Crippen molar-refractivity contribution in [3.8, 4) is 0 Å². The molecule has 0 bridgehead atoms. The molecule has 1 atom stereocenters. The first kappa shape index (κ1) is 15.1. The van der Waals surface area contributed by atoms with Crippen molar-refractivity contribution in [3.05, 3.63) is 15.9 Å². The fourth-order valence-electron chi connectivity index (χ4n) is 1.45. The number of hydrogen-bond donors (Lipinski definition) is 2. The van der Waals surface area contributed by atoms with E-state index in [0.717, 1.165) is 15.1 Å². The molecule has 98 valence electrons. The van der Waals surface area contributed by atoms with Gasteiger partial charge in [0.05, 0.1) is 10.4 Å². The summed E-state index contributed by atoms with van der Waals surface area (Å²) in [5, 5.41) is 9.16. The van der Waals surface area contributed by atoms with E-state index in [1.165, 1.54) is 0 Å². The molecule has 1 aromatic rings. The maximum Gasteiger partial charge on any atom is 0.250 e. The molecule has 1 heterocycles. The van der Waals surface area contributed by atoms with E-state index in [2.05, 4.69) is 20.7 Å². The molecule has 0 fully saturated rings. The highest BCUT2D eigenvalue weighted by Crippen LogP contribution is 2.26. The average molecular weight is 342 g/mol. The SMILES string of the molecule is CC(C)C[C@@H](CO)NS(=O)(=O)c1ccc(Br)s1. The predicted molar refractivity (Wildman–Crippen MR) is 72.7 cm³/mol. The van der Waals surface area contributed by atoms with E-state index in [-0.39, 0.29) is 10.8 Å². The Kier molecular flexibility index (Phi) is 5.59. The van der Waals surface area contributed by atoms with Gasteiger partial charge in [-0.2, -0.15) is 0 Å². The lowest BCUT2D eigenvalue weighted by molar-refractivity contribution is 0.240. The molecule has 0 saturated heterocycles. The maximum absolute atomic E-state index is 12.0. The van der Waals surface area contributed by atoms with Crippen LogP contribution in [0.4, 0.5) is 0 Å². The van der Waals surface area contributed by atoms with Gasteiger partial charge in [0.25, 0.3) is 0 Å². The quantitative estimate of drug-likeness (QED) is 0.833. The zero-order valence-electron chi connectivity index (χ0n) is 9.68. The van der Waals surface area contributed by atoms with E-state index in [4.69, 9.17) is 5.11 Å². The van der Waals surface area contributed by atoms with E-state index >= 15 is 0 Å². The van der Waals surface area contributed by atoms with Gasteiger partial charge in [0.1, 0.15) is 4.21 Å². The standard InChI is InChI=1S/C10H16BrNO3S2/c1-7(2)5-8(6-13)12-17(14,15)10-4-3-9(11)16-10/h3-4,7-8,12-13H,5-6H2,1-2H3/t8-/m0/s1. The van der Waals surface area contributed by atoms with Gasteiger partial charge in [-0.3, -0.25) is 0 Å². The Hall–Kier alpha value is 0.0500. The fraction of sp³-hybridized carbons (Fsp3) is 0.600. The molecular formula is C10H16BrNO3S2. The van der Waals surface area contributed by atoms with Crippen molar-refractivity contribution in [1.29, 1.82) is 0 Å². The number of aliphatic hydroxyl groups is 1. The largest absolute Gasteiger partial charge is 0.395 e. The van der Waals surface area contributed by atoms with Crippen molar-refractivity contribution in [2.24, 2.45) is 5.92 Å². The first-order chi connectivity index (χ1) is 7.85. The molecule has 0 radical (unpaired) electrons. The summed E-state index contributed by atoms with van der Waals surface area (Å²) in [7, 11) is -3.52. The highest BCUT2D eigenvalue weighted by atomic mass is 79.9. The van der Waals surface area contributed by atoms with Gasteiger partial charge in [-0.05, 0) is 40.4 Å². The Labute approximate surface area is 114 Å². The minimum atomic E-state index is -3.52. The molecule has 4 nitrogen and oxygen atoms in total. The van der Waals surface area contributed by atoms with Crippen molar-refractivity contribution in [3.63, 3.8) is 0 Å². The van der Waals surface area contributed by atoms with Crippen LogP contribution in [0.1, 0.15) is 20.3 Å². The number of halogens is 1. The summed E-state index contributed by atoms with van der Waals surface area (Å²) >= 11 is 4.38. The lowest BCUT2D eigenvalue weighted by atomic mass is 10.1. The summed E-state index contributed by atoms with van der Waals surface area (Å²) in [6, 6.07) is 2.80. The van der Waals surface area contributed by atoms with E-state index in [1.54, 1.807) is 12.1 Å². The van der Waals surface area contributed by atoms with Gasteiger partial charge < -0.3 is 5.11 Å². The highest BCUT2D eigenvalue weighted by Gasteiger charge is 2.21. The number of aliphatic hydroxyl groups excluding tert-OH is 1. The molecule has 0 amide bonds. The number of thiophene rings is 1. The first-order valence-electron chi connectivity index (χ1n) is 5.23. The molecule has 7 heteroatoms. The molecule has 0 unspecified atom stereocenters. The average Bonchev–Trinajstić information content (AvgIpc) is 2.63. The van der Waals surface area contributed by atoms with E-state index in [1.807, 2.05) is 13.8 Å². The molecule has 2 N–H and O–H groups in total. The number of hydrogen-bond acceptors (Lipinski definition) is 4. The van der Waals surface area contributed by atoms with Crippen molar-refractivity contribution in [2.45, 2.75) is 30.5 Å². The van der Waals surface area contributed by atoms with E-state index in [0.29, 0.717) is 12.3 Å². The lowest BCUT2D eigenvalue weighted by Crippen LogP contribution is -2.38. The van der Waals surface area contributed by atoms with Crippen LogP contribution >= 0.6 is 27.3 Å². The summed E-state index contributed by atoms with van der Waals surface area (Å²) in [5.41, 5.74) is 0. The zero-order chi connectivity index (χ0) is 13.1. The van der Waals surface area contributed by atoms with Crippen LogP contribution in [0.2, 0.25) is 0 Å². The molecule has 1 aromatic heterocycles. The molecule has 0 aliphatic heterocycles. The Morgan fingerprint density at radius 1 is 1.47 bits per heavy atom. The Morgan fingerprint density at radius 3 is 2.53 bits per heavy atom. The smallest absolute Gasteiger partial charge is 0.250 e. The Bertz CT molecular complexity index is 456. The summed E-state index contributed by atoms with van der Waals surface area (Å²) in [6.45, 7) is 3.78. The van der Waals surface area contributed by atoms with Crippen LogP contribution in [-0.4, -0.2) is 26.2 Å². The number of nitrogens with one attached hydrogen (secondary N) is 1. The van der Waals surface area contributed by atoms with Crippen LogP contribution in [0, 0.1) is 5.92 Å². The second-order valence-corrected chi connectivity index (χ2v) is 8.59. The summed E-state index contributed by atoms with van der Waals surface area (Å²) in [6.07, 6.45) is 0.613. The second-order valence-electron chi connectivity index (χ2n) is 4.19. The minimum absolute atomic E-state index is 0.191. The summed E-state index contributed by atoms with van der Waals surface area (Å²) in [4.78, 5) is 0. The normalized spacial score (nSPS) is 14.2. The van der Waals surface area contributed by atoms with E-state index < -0.39 is 16.1 Å². The molecule has 0 aliphatic rings. The molecular weight excluding hydrogens is 326 g/mol. The van der Waals surface area contributed by atoms with Gasteiger partial charge in [-0.15, -0.1) is 11.3 Å². The van der Waals surface area contributed by atoms with Crippen LogP contribution in [0.15, 0.2) is 20.1 Å². The monoisotopic (exact) mass is 341 g/mol. The third-order valence-corrected chi connectivity index (χ3v) is 5.75. The van der Waals surface area contributed by atoms with Gasteiger partial charge in [0.2, 0.25) is 10.0 Å². The molecule has 0 aromatic carbocycles. The zero-order valence-corrected chi connectivity index (χ0v) is 12.9. The molecule has 0 saturated carbocycles. The lowest BCUT2D eigenvalue weighted by Gasteiger charge is -2.17. The van der Waals surface area contributed by atoms with Crippen molar-refractivity contribution in [1.82, 2.24) is 4.72 Å². The van der Waals surface area contributed by atoms with Crippen molar-refractivity contribution in [2.75, 3.05) is 6.61 Å². The Morgan fingerprint density at radius 2 is 2.12 bits per heavy atom. The third kappa shape index (κ3) is 4.67. The van der Waals surface area contributed by atoms with Crippen LogP contribution in [0.3, 0.4) is 0 Å². The van der Waals surface area contributed by atoms with Gasteiger partial charge >= 0.3 is 0 Å². The van der Waals surface area contributed by atoms with Gasteiger partial charge in [0, 0.05) is 6.04 Å². The fourth-order valence-corrected chi connectivity index (χ4v) is 4.72. The van der Waals surface area contributed by atoms with Gasteiger partial charge in [-0.25, -0.2) is 13.1 Å². The van der Waals surface area contributed by atoms with Gasteiger partial charge in [0.15, 0.2) is 0 Å². The highest BCUT2D eigenvalue weighted by molar-refractivity contribution is 9.11. The van der Waals surface area contributed by atoms with Crippen molar-refractivity contribution >= 4 is 37.3 Å². The summed E-state index contributed by atoms with van der Waals surface area (Å²) < 4.78 is 27.5. The predicted octanol–water partition coefficient (Wildman–Crippen LogP) is 2.20. The van der Waals surface area contributed by atoms with Crippen molar-refractivity contribution < 1.29 is 13.5 Å². The van der Waals surface area contributed by atoms with Gasteiger partial charge in [-0.1, -0.05) is 13.8 Å².